The van der Waals surface area contributed by atoms with Crippen molar-refractivity contribution in [3.63, 3.8) is 0 Å². The summed E-state index contributed by atoms with van der Waals surface area (Å²) in [6, 6.07) is 17.4. The average molecular weight is 435 g/mol. The molecule has 0 N–H and O–H groups in total. The summed E-state index contributed by atoms with van der Waals surface area (Å²) in [4.78, 5) is 0. The molecule has 166 valence electrons. The van der Waals surface area contributed by atoms with Crippen LogP contribution >= 0.6 is 0 Å². The molecule has 0 spiro atoms. The first kappa shape index (κ1) is 23.4. The van der Waals surface area contributed by atoms with E-state index < -0.39 is 8.32 Å². The molecule has 0 aromatic heterocycles. The highest BCUT2D eigenvalue weighted by Crippen LogP contribution is 2.44. The van der Waals surface area contributed by atoms with E-state index in [1.54, 1.807) is 7.11 Å². The molecule has 0 saturated heterocycles. The fraction of sp³-hybridized carbons (Fsp3) is 0.429. The maximum atomic E-state index is 6.91. The highest BCUT2D eigenvalue weighted by atomic mass is 28.4. The molecule has 0 radical (unpaired) electrons. The molecular weight excluding hydrogens is 396 g/mol. The van der Waals surface area contributed by atoms with Gasteiger partial charge in [0.1, 0.15) is 11.5 Å². The van der Waals surface area contributed by atoms with Crippen LogP contribution in [0.4, 0.5) is 0 Å². The van der Waals surface area contributed by atoms with Crippen LogP contribution < -0.4 is 9.16 Å². The third-order valence-corrected chi connectivity index (χ3v) is 11.0. The molecule has 0 heterocycles. The van der Waals surface area contributed by atoms with E-state index >= 15 is 0 Å². The van der Waals surface area contributed by atoms with Gasteiger partial charge in [-0.15, -0.1) is 0 Å². The van der Waals surface area contributed by atoms with Crippen LogP contribution in [0.1, 0.15) is 51.7 Å². The minimum Gasteiger partial charge on any atom is -0.543 e. The number of fused-ring (bicyclic) bond motifs is 1. The van der Waals surface area contributed by atoms with E-state index in [1.165, 1.54) is 40.3 Å². The minimum absolute atomic E-state index is 0.134. The van der Waals surface area contributed by atoms with E-state index in [4.69, 9.17) is 9.16 Å². The van der Waals surface area contributed by atoms with E-state index in [1.807, 2.05) is 12.1 Å². The zero-order valence-electron chi connectivity index (χ0n) is 20.6. The number of aryl methyl sites for hydroxylation is 2. The number of ether oxygens (including phenoxy) is 1. The van der Waals surface area contributed by atoms with Gasteiger partial charge < -0.3 is 9.16 Å². The van der Waals surface area contributed by atoms with Crippen LogP contribution in [0.25, 0.3) is 21.9 Å². The first-order valence-corrected chi connectivity index (χ1v) is 14.4. The number of rotatable bonds is 7. The van der Waals surface area contributed by atoms with E-state index in [9.17, 15) is 0 Å². The first-order chi connectivity index (χ1) is 14.6. The molecule has 0 aliphatic heterocycles. The first-order valence-electron chi connectivity index (χ1n) is 11.5. The summed E-state index contributed by atoms with van der Waals surface area (Å²) in [5.41, 5.74) is 4.97. The van der Waals surface area contributed by atoms with Crippen molar-refractivity contribution in [3.8, 4) is 22.6 Å². The van der Waals surface area contributed by atoms with Crippen LogP contribution in [0.3, 0.4) is 0 Å². The van der Waals surface area contributed by atoms with Gasteiger partial charge in [0, 0.05) is 10.9 Å². The van der Waals surface area contributed by atoms with Crippen molar-refractivity contribution in [2.45, 2.75) is 72.0 Å². The van der Waals surface area contributed by atoms with Crippen molar-refractivity contribution in [1.82, 2.24) is 0 Å². The van der Waals surface area contributed by atoms with Crippen LogP contribution in [-0.2, 0) is 6.42 Å². The highest BCUT2D eigenvalue weighted by Gasteiger charge is 2.39. The number of para-hydroxylation sites is 1. The van der Waals surface area contributed by atoms with Gasteiger partial charge in [0.2, 0.25) is 0 Å². The Morgan fingerprint density at radius 1 is 0.903 bits per heavy atom. The van der Waals surface area contributed by atoms with Gasteiger partial charge in [0.15, 0.2) is 0 Å². The normalized spacial score (nSPS) is 12.3. The highest BCUT2D eigenvalue weighted by molar-refractivity contribution is 6.74. The topological polar surface area (TPSA) is 18.5 Å². The molecule has 0 aliphatic carbocycles. The number of unbranched alkanes of at least 4 members (excludes halogenated alkanes) is 1. The second-order valence-corrected chi connectivity index (χ2v) is 14.8. The minimum atomic E-state index is -2.00. The molecule has 0 saturated carbocycles. The van der Waals surface area contributed by atoms with E-state index in [2.05, 4.69) is 84.1 Å². The van der Waals surface area contributed by atoms with Gasteiger partial charge in [-0.1, -0.05) is 70.5 Å². The Bertz CT molecular complexity index is 1060. The van der Waals surface area contributed by atoms with Gasteiger partial charge in [-0.3, -0.25) is 0 Å². The largest absolute Gasteiger partial charge is 0.543 e. The monoisotopic (exact) mass is 434 g/mol. The zero-order valence-corrected chi connectivity index (χ0v) is 21.6. The van der Waals surface area contributed by atoms with Crippen LogP contribution in [0.5, 0.6) is 11.5 Å². The second kappa shape index (κ2) is 9.08. The third kappa shape index (κ3) is 4.82. The lowest BCUT2D eigenvalue weighted by Gasteiger charge is -2.37. The Morgan fingerprint density at radius 3 is 2.26 bits per heavy atom. The van der Waals surface area contributed by atoms with Crippen molar-refractivity contribution >= 4 is 19.1 Å². The summed E-state index contributed by atoms with van der Waals surface area (Å²) in [6.45, 7) is 16.0. The summed E-state index contributed by atoms with van der Waals surface area (Å²) in [7, 11) is -0.250. The number of benzene rings is 3. The molecule has 31 heavy (non-hydrogen) atoms. The van der Waals surface area contributed by atoms with Crippen LogP contribution in [-0.4, -0.2) is 15.4 Å². The Morgan fingerprint density at radius 2 is 1.61 bits per heavy atom. The zero-order chi connectivity index (χ0) is 22.8. The lowest BCUT2D eigenvalue weighted by molar-refractivity contribution is 0.416. The van der Waals surface area contributed by atoms with Gasteiger partial charge in [-0.25, -0.2) is 0 Å². The molecule has 3 aromatic rings. The summed E-state index contributed by atoms with van der Waals surface area (Å²) >= 11 is 0. The summed E-state index contributed by atoms with van der Waals surface area (Å²) in [5, 5.41) is 2.66. The Hall–Kier alpha value is -2.26. The van der Waals surface area contributed by atoms with Crippen molar-refractivity contribution < 1.29 is 9.16 Å². The number of hydrogen-bond donors (Lipinski definition) is 0. The molecule has 0 atom stereocenters. The van der Waals surface area contributed by atoms with E-state index in [-0.39, 0.29) is 5.04 Å². The predicted octanol–water partition coefficient (Wildman–Crippen LogP) is 8.55. The Labute approximate surface area is 189 Å². The Balaban J connectivity index is 2.35. The molecule has 3 heteroatoms. The molecule has 0 amide bonds. The summed E-state index contributed by atoms with van der Waals surface area (Å²) in [5.74, 6) is 1.90. The predicted molar refractivity (Wildman–Crippen MR) is 137 cm³/mol. The smallest absolute Gasteiger partial charge is 0.250 e. The van der Waals surface area contributed by atoms with Gasteiger partial charge in [-0.2, -0.15) is 0 Å². The van der Waals surface area contributed by atoms with Gasteiger partial charge in [-0.05, 0) is 72.1 Å². The number of hydrogen-bond acceptors (Lipinski definition) is 2. The molecule has 0 fully saturated rings. The van der Waals surface area contributed by atoms with Crippen molar-refractivity contribution in [2.75, 3.05) is 7.11 Å². The van der Waals surface area contributed by atoms with Crippen molar-refractivity contribution in [3.05, 3.63) is 59.7 Å². The lowest BCUT2D eigenvalue weighted by atomic mass is 9.91. The average Bonchev–Trinajstić information content (AvgIpc) is 2.71. The Kier molecular flexibility index (Phi) is 6.85. The fourth-order valence-electron chi connectivity index (χ4n) is 3.83. The van der Waals surface area contributed by atoms with Gasteiger partial charge in [0.05, 0.1) is 7.11 Å². The summed E-state index contributed by atoms with van der Waals surface area (Å²) in [6.07, 6.45) is 3.46. The van der Waals surface area contributed by atoms with E-state index in [0.717, 1.165) is 23.5 Å². The van der Waals surface area contributed by atoms with Crippen LogP contribution in [0, 0.1) is 6.92 Å². The standard InChI is InChI=1S/C28H38O2Si/c1-9-10-13-21-16-17-26(30-31(7,8)28(3,4)5)27-23(21)18-20(2)19-24(27)22-14-11-12-15-25(22)29-6/h11-12,14-19H,9-10,13H2,1-8H3. The third-order valence-electron chi connectivity index (χ3n) is 6.68. The number of methoxy groups -OCH3 is 1. The SMILES string of the molecule is CCCCc1ccc(O[Si](C)(C)C(C)(C)C)c2c(-c3ccccc3OC)cc(C)cc12. The molecule has 0 unspecified atom stereocenters. The molecule has 3 rings (SSSR count). The van der Waals surface area contributed by atoms with Crippen LogP contribution in [0.2, 0.25) is 18.1 Å². The van der Waals surface area contributed by atoms with Crippen molar-refractivity contribution in [1.29, 1.82) is 0 Å². The fourth-order valence-corrected chi connectivity index (χ4v) is 4.86. The maximum Gasteiger partial charge on any atom is 0.250 e. The van der Waals surface area contributed by atoms with Crippen LogP contribution in [0.15, 0.2) is 48.5 Å². The molecule has 3 aromatic carbocycles. The van der Waals surface area contributed by atoms with Crippen molar-refractivity contribution in [2.24, 2.45) is 0 Å². The second-order valence-electron chi connectivity index (χ2n) is 10.1. The summed E-state index contributed by atoms with van der Waals surface area (Å²) < 4.78 is 12.7. The molecule has 0 bridgehead atoms. The van der Waals surface area contributed by atoms with Gasteiger partial charge >= 0.3 is 0 Å². The molecule has 0 aliphatic rings. The quantitative estimate of drug-likeness (QED) is 0.347. The lowest BCUT2D eigenvalue weighted by Crippen LogP contribution is -2.43. The van der Waals surface area contributed by atoms with Gasteiger partial charge in [0.25, 0.3) is 8.32 Å². The molecule has 2 nitrogen and oxygen atoms in total. The van der Waals surface area contributed by atoms with E-state index in [0.29, 0.717) is 0 Å². The maximum absolute atomic E-state index is 6.91. The molecular formula is C28H38O2Si.